The molecule has 0 heterocycles. The third-order valence-electron chi connectivity index (χ3n) is 10.4. The Labute approximate surface area is 247 Å². The van der Waals surface area contributed by atoms with E-state index in [-0.39, 0.29) is 10.8 Å². The fraction of sp³-hybridized carbons (Fsp3) is 0.143. The van der Waals surface area contributed by atoms with Gasteiger partial charge in [0.1, 0.15) is 0 Å². The third kappa shape index (κ3) is 2.97. The summed E-state index contributed by atoms with van der Waals surface area (Å²) < 4.78 is 0. The molecule has 0 bridgehead atoms. The summed E-state index contributed by atoms with van der Waals surface area (Å²) in [5.41, 5.74) is 13.6. The van der Waals surface area contributed by atoms with Crippen LogP contribution in [0.3, 0.4) is 0 Å². The van der Waals surface area contributed by atoms with E-state index in [1.54, 1.807) is 0 Å². The molecule has 9 rings (SSSR count). The highest BCUT2D eigenvalue weighted by molar-refractivity contribution is 6.29. The average molecular weight is 537 g/mol. The normalized spacial score (nSPS) is 15.5. The molecule has 2 aliphatic carbocycles. The third-order valence-corrected chi connectivity index (χ3v) is 10.4. The van der Waals surface area contributed by atoms with E-state index < -0.39 is 0 Å². The van der Waals surface area contributed by atoms with E-state index in [1.807, 2.05) is 0 Å². The summed E-state index contributed by atoms with van der Waals surface area (Å²) in [6.07, 6.45) is 0. The van der Waals surface area contributed by atoms with Crippen LogP contribution in [0, 0.1) is 0 Å². The molecule has 2 aliphatic rings. The van der Waals surface area contributed by atoms with E-state index in [9.17, 15) is 0 Å². The lowest BCUT2D eigenvalue weighted by Crippen LogP contribution is -2.14. The summed E-state index contributed by atoms with van der Waals surface area (Å²) in [6, 6.07) is 45.9. The first-order chi connectivity index (χ1) is 20.3. The lowest BCUT2D eigenvalue weighted by Gasteiger charge is -2.21. The first kappa shape index (κ1) is 24.0. The zero-order chi connectivity index (χ0) is 28.4. The van der Waals surface area contributed by atoms with Crippen molar-refractivity contribution in [1.29, 1.82) is 0 Å². The highest BCUT2D eigenvalue weighted by atomic mass is 14.4. The molecule has 0 N–H and O–H groups in total. The second-order valence-corrected chi connectivity index (χ2v) is 13.4. The molecule has 0 nitrogen and oxygen atoms in total. The molecule has 0 aromatic heterocycles. The maximum atomic E-state index is 2.42. The van der Waals surface area contributed by atoms with Crippen LogP contribution in [0.15, 0.2) is 121 Å². The molecule has 0 radical (unpaired) electrons. The van der Waals surface area contributed by atoms with E-state index in [1.165, 1.54) is 88.0 Å². The number of hydrogen-bond acceptors (Lipinski definition) is 0. The van der Waals surface area contributed by atoms with Crippen molar-refractivity contribution < 1.29 is 0 Å². The Bertz CT molecular complexity index is 2290. The Balaban J connectivity index is 1.22. The SMILES string of the molecule is CC1(C)c2ccccc2-c2cc(-c3cccc(-c4ccc5c(c4)c4cccc6c4c4c(cccc54)C6(C)C)c3)ccc21. The van der Waals surface area contributed by atoms with E-state index in [0.29, 0.717) is 0 Å². The molecule has 0 saturated carbocycles. The molecule has 42 heavy (non-hydrogen) atoms. The molecule has 0 heteroatoms. The van der Waals surface area contributed by atoms with Crippen molar-refractivity contribution in [2.75, 3.05) is 0 Å². The molecule has 0 fully saturated rings. The summed E-state index contributed by atoms with van der Waals surface area (Å²) in [5.74, 6) is 0. The van der Waals surface area contributed by atoms with Crippen LogP contribution in [-0.4, -0.2) is 0 Å². The Morgan fingerprint density at radius 1 is 0.333 bits per heavy atom. The van der Waals surface area contributed by atoms with Crippen LogP contribution in [0.5, 0.6) is 0 Å². The minimum absolute atomic E-state index is 0.0154. The molecule has 0 amide bonds. The van der Waals surface area contributed by atoms with Gasteiger partial charge in [-0.05, 0) is 106 Å². The van der Waals surface area contributed by atoms with Gasteiger partial charge in [-0.1, -0.05) is 131 Å². The Kier molecular flexibility index (Phi) is 4.56. The standard InChI is InChI=1S/C42H32/c1-41(2)35-15-6-5-12-30(35)34-24-28(19-21-36(34)41)26-11-7-10-25(22-26)27-18-20-29-31-13-8-16-37-39(31)40-32(33(29)23-27)14-9-17-38(40)42(37,3)4/h5-24H,1-4H3. The largest absolute Gasteiger partial charge is 0.0619 e. The average Bonchev–Trinajstić information content (AvgIpc) is 3.40. The summed E-state index contributed by atoms with van der Waals surface area (Å²) >= 11 is 0. The molecule has 0 unspecified atom stereocenters. The van der Waals surface area contributed by atoms with Gasteiger partial charge in [0.15, 0.2) is 0 Å². The second-order valence-electron chi connectivity index (χ2n) is 13.4. The molecule has 7 aromatic carbocycles. The minimum atomic E-state index is 0.0154. The summed E-state index contributed by atoms with van der Waals surface area (Å²) in [7, 11) is 0. The van der Waals surface area contributed by atoms with Crippen LogP contribution < -0.4 is 0 Å². The Hall–Kier alpha value is -4.68. The fourth-order valence-electron chi connectivity index (χ4n) is 8.24. The number of fused-ring (bicyclic) bond motifs is 6. The van der Waals surface area contributed by atoms with Gasteiger partial charge in [0.05, 0.1) is 0 Å². The highest BCUT2D eigenvalue weighted by Gasteiger charge is 2.36. The van der Waals surface area contributed by atoms with Crippen molar-refractivity contribution in [3.8, 4) is 33.4 Å². The summed E-state index contributed by atoms with van der Waals surface area (Å²) in [4.78, 5) is 0. The van der Waals surface area contributed by atoms with Gasteiger partial charge >= 0.3 is 0 Å². The van der Waals surface area contributed by atoms with Crippen molar-refractivity contribution in [2.24, 2.45) is 0 Å². The zero-order valence-corrected chi connectivity index (χ0v) is 24.5. The van der Waals surface area contributed by atoms with Crippen molar-refractivity contribution in [2.45, 2.75) is 38.5 Å². The molecule has 0 atom stereocenters. The number of hydrogen-bond donors (Lipinski definition) is 0. The first-order valence-corrected chi connectivity index (χ1v) is 15.1. The molecule has 200 valence electrons. The van der Waals surface area contributed by atoms with Crippen molar-refractivity contribution in [1.82, 2.24) is 0 Å². The van der Waals surface area contributed by atoms with E-state index in [4.69, 9.17) is 0 Å². The lowest BCUT2D eigenvalue weighted by molar-refractivity contribution is 0.660. The second kappa shape index (κ2) is 7.99. The smallest absolute Gasteiger partial charge is 0.0159 e. The van der Waals surface area contributed by atoms with Crippen LogP contribution in [0.25, 0.3) is 65.7 Å². The van der Waals surface area contributed by atoms with Crippen LogP contribution >= 0.6 is 0 Å². The van der Waals surface area contributed by atoms with E-state index in [0.717, 1.165) is 0 Å². The maximum Gasteiger partial charge on any atom is 0.0159 e. The van der Waals surface area contributed by atoms with Gasteiger partial charge in [-0.3, -0.25) is 0 Å². The van der Waals surface area contributed by atoms with Gasteiger partial charge < -0.3 is 0 Å². The summed E-state index contributed by atoms with van der Waals surface area (Å²) in [6.45, 7) is 9.43. The van der Waals surface area contributed by atoms with Crippen molar-refractivity contribution in [3.63, 3.8) is 0 Å². The van der Waals surface area contributed by atoms with E-state index >= 15 is 0 Å². The highest BCUT2D eigenvalue weighted by Crippen LogP contribution is 2.52. The monoisotopic (exact) mass is 536 g/mol. The predicted octanol–water partition coefficient (Wildman–Crippen LogP) is 11.4. The Morgan fingerprint density at radius 2 is 0.857 bits per heavy atom. The molecule has 0 spiro atoms. The molecule has 7 aromatic rings. The van der Waals surface area contributed by atoms with Crippen LogP contribution in [0.4, 0.5) is 0 Å². The van der Waals surface area contributed by atoms with Gasteiger partial charge in [-0.2, -0.15) is 0 Å². The lowest BCUT2D eigenvalue weighted by atomic mass is 9.82. The Morgan fingerprint density at radius 3 is 1.60 bits per heavy atom. The van der Waals surface area contributed by atoms with Gasteiger partial charge in [0.25, 0.3) is 0 Å². The summed E-state index contributed by atoms with van der Waals surface area (Å²) in [5, 5.41) is 8.30. The fourth-order valence-corrected chi connectivity index (χ4v) is 8.24. The first-order valence-electron chi connectivity index (χ1n) is 15.1. The number of benzene rings is 7. The van der Waals surface area contributed by atoms with Gasteiger partial charge in [0.2, 0.25) is 0 Å². The van der Waals surface area contributed by atoms with Crippen molar-refractivity contribution >= 4 is 32.3 Å². The number of rotatable bonds is 2. The minimum Gasteiger partial charge on any atom is -0.0619 e. The van der Waals surface area contributed by atoms with E-state index in [2.05, 4.69) is 149 Å². The van der Waals surface area contributed by atoms with Gasteiger partial charge in [0, 0.05) is 10.8 Å². The maximum absolute atomic E-state index is 2.42. The van der Waals surface area contributed by atoms with Gasteiger partial charge in [-0.25, -0.2) is 0 Å². The van der Waals surface area contributed by atoms with Crippen LogP contribution in [0.1, 0.15) is 49.9 Å². The topological polar surface area (TPSA) is 0 Å². The zero-order valence-electron chi connectivity index (χ0n) is 24.5. The molecule has 0 saturated heterocycles. The predicted molar refractivity (Wildman–Crippen MR) is 180 cm³/mol. The van der Waals surface area contributed by atoms with Gasteiger partial charge in [-0.15, -0.1) is 0 Å². The van der Waals surface area contributed by atoms with Crippen LogP contribution in [-0.2, 0) is 10.8 Å². The molecular weight excluding hydrogens is 504 g/mol. The van der Waals surface area contributed by atoms with Crippen molar-refractivity contribution in [3.05, 3.63) is 144 Å². The quantitative estimate of drug-likeness (QED) is 0.193. The van der Waals surface area contributed by atoms with Crippen LogP contribution in [0.2, 0.25) is 0 Å². The molecule has 0 aliphatic heterocycles. The molecular formula is C42H32.